The van der Waals surface area contributed by atoms with Gasteiger partial charge in [0.15, 0.2) is 0 Å². The molecule has 0 amide bonds. The number of hydrogen-bond acceptors (Lipinski definition) is 2. The van der Waals surface area contributed by atoms with Crippen molar-refractivity contribution >= 4 is 22.4 Å². The van der Waals surface area contributed by atoms with Gasteiger partial charge in [-0.15, -0.1) is 13.2 Å². The van der Waals surface area contributed by atoms with Crippen LogP contribution >= 0.6 is 11.6 Å². The summed E-state index contributed by atoms with van der Waals surface area (Å²) < 4.78 is 39.4. The predicted octanol–water partition coefficient (Wildman–Crippen LogP) is 3.36. The molecule has 0 saturated carbocycles. The fourth-order valence-electron chi connectivity index (χ4n) is 0.994. The third kappa shape index (κ3) is 3.58. The second-order valence-corrected chi connectivity index (χ2v) is 3.17. The molecule has 0 fully saturated rings. The molecule has 0 saturated heterocycles. The predicted molar refractivity (Wildman–Crippen MR) is 53.0 cm³/mol. The lowest BCUT2D eigenvalue weighted by atomic mass is 10.1. The summed E-state index contributed by atoms with van der Waals surface area (Å²) in [6.45, 7) is 3.34. The average Bonchev–Trinajstić information content (AvgIpc) is 2.14. The standard InChI is InChI=1S/C10H6ClF3O2/c1-6(9(11)15)7-3-2-4-8(5-7)16-10(12,13)14/h2-5H,1H2. The van der Waals surface area contributed by atoms with Gasteiger partial charge in [0.1, 0.15) is 5.75 Å². The highest BCUT2D eigenvalue weighted by Gasteiger charge is 2.31. The van der Waals surface area contributed by atoms with E-state index in [1.54, 1.807) is 0 Å². The van der Waals surface area contributed by atoms with Crippen LogP contribution in [0.1, 0.15) is 5.56 Å². The molecule has 86 valence electrons. The van der Waals surface area contributed by atoms with Gasteiger partial charge in [-0.05, 0) is 29.3 Å². The molecular weight excluding hydrogens is 245 g/mol. The molecule has 2 nitrogen and oxygen atoms in total. The summed E-state index contributed by atoms with van der Waals surface area (Å²) in [5.74, 6) is -0.427. The van der Waals surface area contributed by atoms with Gasteiger partial charge in [-0.1, -0.05) is 18.7 Å². The quantitative estimate of drug-likeness (QED) is 0.607. The van der Waals surface area contributed by atoms with Gasteiger partial charge in [-0.3, -0.25) is 4.79 Å². The summed E-state index contributed by atoms with van der Waals surface area (Å²) in [6.07, 6.45) is -4.77. The van der Waals surface area contributed by atoms with Crippen LogP contribution in [0.25, 0.3) is 5.57 Å². The van der Waals surface area contributed by atoms with Crippen molar-refractivity contribution in [3.8, 4) is 5.75 Å². The van der Waals surface area contributed by atoms with Crippen LogP contribution in [0, 0.1) is 0 Å². The first-order chi connectivity index (χ1) is 7.29. The number of ether oxygens (including phenoxy) is 1. The lowest BCUT2D eigenvalue weighted by Gasteiger charge is -2.09. The molecule has 0 N–H and O–H groups in total. The highest BCUT2D eigenvalue weighted by atomic mass is 35.5. The molecular formula is C10H6ClF3O2. The summed E-state index contributed by atoms with van der Waals surface area (Å²) in [4.78, 5) is 10.7. The number of halogens is 4. The molecule has 0 radical (unpaired) electrons. The van der Waals surface area contributed by atoms with E-state index in [4.69, 9.17) is 11.6 Å². The molecule has 1 rings (SSSR count). The van der Waals surface area contributed by atoms with E-state index in [9.17, 15) is 18.0 Å². The van der Waals surface area contributed by atoms with Gasteiger partial charge in [0.05, 0.1) is 0 Å². The molecule has 1 aromatic rings. The van der Waals surface area contributed by atoms with E-state index in [0.717, 1.165) is 12.1 Å². The maximum atomic E-state index is 11.9. The Hall–Kier alpha value is -1.49. The minimum atomic E-state index is -4.77. The van der Waals surface area contributed by atoms with Gasteiger partial charge < -0.3 is 4.74 Å². The number of rotatable bonds is 3. The van der Waals surface area contributed by atoms with E-state index in [2.05, 4.69) is 11.3 Å². The number of hydrogen-bond donors (Lipinski definition) is 0. The summed E-state index contributed by atoms with van der Waals surface area (Å²) in [6, 6.07) is 4.87. The van der Waals surface area contributed by atoms with Crippen molar-refractivity contribution in [2.75, 3.05) is 0 Å². The van der Waals surface area contributed by atoms with Crippen molar-refractivity contribution in [2.45, 2.75) is 6.36 Å². The first-order valence-corrected chi connectivity index (χ1v) is 4.42. The summed E-state index contributed by atoms with van der Waals surface area (Å²) in [5.41, 5.74) is 0.0936. The number of carbonyl (C=O) groups is 1. The first kappa shape index (κ1) is 12.6. The topological polar surface area (TPSA) is 26.3 Å². The smallest absolute Gasteiger partial charge is 0.406 e. The largest absolute Gasteiger partial charge is 0.573 e. The van der Waals surface area contributed by atoms with Crippen LogP contribution in [0.2, 0.25) is 0 Å². The summed E-state index contributed by atoms with van der Waals surface area (Å²) >= 11 is 5.15. The Morgan fingerprint density at radius 3 is 2.50 bits per heavy atom. The van der Waals surface area contributed by atoms with Crippen LogP contribution in [0.5, 0.6) is 5.75 Å². The van der Waals surface area contributed by atoms with Gasteiger partial charge in [0, 0.05) is 5.57 Å². The third-order valence-corrected chi connectivity index (χ3v) is 1.88. The molecule has 6 heteroatoms. The second kappa shape index (κ2) is 4.57. The van der Waals surface area contributed by atoms with E-state index in [0.29, 0.717) is 0 Å². The fourth-order valence-corrected chi connectivity index (χ4v) is 1.10. The molecule has 0 aromatic heterocycles. The van der Waals surface area contributed by atoms with Crippen molar-refractivity contribution in [1.29, 1.82) is 0 Å². The minimum Gasteiger partial charge on any atom is -0.406 e. The normalized spacial score (nSPS) is 11.0. The Bertz CT molecular complexity index is 426. The van der Waals surface area contributed by atoms with Crippen molar-refractivity contribution in [1.82, 2.24) is 0 Å². The van der Waals surface area contributed by atoms with Gasteiger partial charge in [-0.2, -0.15) is 0 Å². The van der Waals surface area contributed by atoms with Crippen molar-refractivity contribution in [3.63, 3.8) is 0 Å². The van der Waals surface area contributed by atoms with Crippen LogP contribution in [0.15, 0.2) is 30.8 Å². The Kier molecular flexibility index (Phi) is 3.59. The monoisotopic (exact) mass is 250 g/mol. The Morgan fingerprint density at radius 1 is 1.38 bits per heavy atom. The lowest BCUT2D eigenvalue weighted by Crippen LogP contribution is -2.17. The van der Waals surface area contributed by atoms with E-state index >= 15 is 0 Å². The minimum absolute atomic E-state index is 0.0886. The average molecular weight is 251 g/mol. The first-order valence-electron chi connectivity index (χ1n) is 4.04. The summed E-state index contributed by atoms with van der Waals surface area (Å²) in [5, 5.41) is -0.829. The zero-order chi connectivity index (χ0) is 12.3. The molecule has 0 aliphatic rings. The van der Waals surface area contributed by atoms with Gasteiger partial charge in [-0.25, -0.2) is 0 Å². The van der Waals surface area contributed by atoms with Crippen LogP contribution in [0.3, 0.4) is 0 Å². The summed E-state index contributed by atoms with van der Waals surface area (Å²) in [7, 11) is 0. The number of allylic oxidation sites excluding steroid dienone is 1. The molecule has 16 heavy (non-hydrogen) atoms. The van der Waals surface area contributed by atoms with Crippen molar-refractivity contribution in [3.05, 3.63) is 36.4 Å². The van der Waals surface area contributed by atoms with Gasteiger partial charge in [0.25, 0.3) is 5.24 Å². The number of alkyl halides is 3. The Labute approximate surface area is 94.3 Å². The molecule has 0 atom stereocenters. The van der Waals surface area contributed by atoms with Crippen LogP contribution in [0.4, 0.5) is 13.2 Å². The fraction of sp³-hybridized carbons (Fsp3) is 0.100. The van der Waals surface area contributed by atoms with E-state index < -0.39 is 17.4 Å². The Morgan fingerprint density at radius 2 is 2.00 bits per heavy atom. The molecule has 0 spiro atoms. The van der Waals surface area contributed by atoms with Crippen molar-refractivity contribution in [2.24, 2.45) is 0 Å². The van der Waals surface area contributed by atoms with Crippen LogP contribution in [-0.4, -0.2) is 11.6 Å². The zero-order valence-corrected chi connectivity index (χ0v) is 8.60. The highest BCUT2D eigenvalue weighted by molar-refractivity contribution is 6.74. The third-order valence-electron chi connectivity index (χ3n) is 1.65. The van der Waals surface area contributed by atoms with E-state index in [-0.39, 0.29) is 11.1 Å². The molecule has 0 bridgehead atoms. The Balaban J connectivity index is 2.96. The van der Waals surface area contributed by atoms with Gasteiger partial charge >= 0.3 is 6.36 Å². The van der Waals surface area contributed by atoms with E-state index in [1.165, 1.54) is 12.1 Å². The SMILES string of the molecule is C=C(C(=O)Cl)c1cccc(OC(F)(F)F)c1. The second-order valence-electron chi connectivity index (χ2n) is 2.83. The van der Waals surface area contributed by atoms with Crippen LogP contribution in [-0.2, 0) is 4.79 Å². The van der Waals surface area contributed by atoms with Crippen LogP contribution < -0.4 is 4.74 Å². The number of benzene rings is 1. The van der Waals surface area contributed by atoms with E-state index in [1.807, 2.05) is 0 Å². The lowest BCUT2D eigenvalue weighted by molar-refractivity contribution is -0.274. The molecule has 0 aliphatic heterocycles. The highest BCUT2D eigenvalue weighted by Crippen LogP contribution is 2.26. The number of carbonyl (C=O) groups excluding carboxylic acids is 1. The maximum Gasteiger partial charge on any atom is 0.573 e. The van der Waals surface area contributed by atoms with Crippen molar-refractivity contribution < 1.29 is 22.7 Å². The van der Waals surface area contributed by atoms with Gasteiger partial charge in [0.2, 0.25) is 0 Å². The molecule has 1 aromatic carbocycles. The molecule has 0 heterocycles. The molecule has 0 aliphatic carbocycles. The zero-order valence-electron chi connectivity index (χ0n) is 7.84. The molecule has 0 unspecified atom stereocenters. The maximum absolute atomic E-state index is 11.9.